The van der Waals surface area contributed by atoms with Crippen molar-refractivity contribution in [1.29, 1.82) is 0 Å². The molecule has 1 radical (unpaired) electrons. The van der Waals surface area contributed by atoms with Crippen molar-refractivity contribution in [2.75, 3.05) is 38.9 Å². The Morgan fingerprint density at radius 3 is 2.44 bits per heavy atom. The Morgan fingerprint density at radius 2 is 1.91 bits per heavy atom. The van der Waals surface area contributed by atoms with Crippen molar-refractivity contribution in [3.05, 3.63) is 51.6 Å². The van der Waals surface area contributed by atoms with Crippen molar-refractivity contribution in [3.8, 4) is 0 Å². The summed E-state index contributed by atoms with van der Waals surface area (Å²) >= 11 is 0. The number of hydroxylamine groups is 1. The summed E-state index contributed by atoms with van der Waals surface area (Å²) in [4.78, 5) is 17.5. The maximum absolute atomic E-state index is 14.1. The molecule has 0 spiro atoms. The Morgan fingerprint density at radius 1 is 1.25 bits per heavy atom. The number of alkyl halides is 1. The van der Waals surface area contributed by atoms with E-state index in [1.165, 1.54) is 33.0 Å². The van der Waals surface area contributed by atoms with Crippen LogP contribution in [0.4, 0.5) is 14.5 Å². The van der Waals surface area contributed by atoms with Gasteiger partial charge in [0.15, 0.2) is 5.79 Å². The molecule has 3 N–H and O–H groups in total. The molecular weight excluding hydrogens is 499 g/mol. The molecule has 11 heteroatoms. The van der Waals surface area contributed by atoms with Gasteiger partial charge in [-0.05, 0) is 50.1 Å². The fourth-order valence-electron chi connectivity index (χ4n) is 2.16. The molecule has 1 aromatic rings. The molecule has 0 unspecified atom stereocenters. The van der Waals surface area contributed by atoms with Crippen LogP contribution < -0.4 is 10.8 Å². The maximum atomic E-state index is 14.1. The van der Waals surface area contributed by atoms with Gasteiger partial charge in [0, 0.05) is 32.7 Å². The van der Waals surface area contributed by atoms with E-state index in [0.717, 1.165) is 0 Å². The van der Waals surface area contributed by atoms with E-state index in [4.69, 9.17) is 9.57 Å². The number of halogens is 2. The van der Waals surface area contributed by atoms with Gasteiger partial charge >= 0.3 is 0 Å². The third-order valence-corrected chi connectivity index (χ3v) is 3.48. The number of aryl methyl sites for hydroxylation is 1. The molecule has 8 nitrogen and oxygen atoms in total. The van der Waals surface area contributed by atoms with Crippen LogP contribution in [0.5, 0.6) is 0 Å². The number of ether oxygens (including phenoxy) is 1. The molecule has 0 aliphatic heterocycles. The number of amides is 1. The fraction of sp³-hybridized carbons (Fsp3) is 0.571. The van der Waals surface area contributed by atoms with Crippen LogP contribution >= 0.6 is 0 Å². The van der Waals surface area contributed by atoms with Gasteiger partial charge in [-0.2, -0.15) is 7.05 Å². The zero-order chi connectivity index (χ0) is 23.9. The predicted octanol–water partition coefficient (Wildman–Crippen LogP) is 4.27. The van der Waals surface area contributed by atoms with Gasteiger partial charge in [0.25, 0.3) is 5.91 Å². The smallest absolute Gasteiger partial charge is 0.268 e. The minimum Gasteiger partial charge on any atom is -0.661 e. The molecule has 0 saturated heterocycles. The Kier molecular flexibility index (Phi) is 18.9. The van der Waals surface area contributed by atoms with E-state index in [1.807, 2.05) is 13.8 Å². The summed E-state index contributed by atoms with van der Waals surface area (Å²) in [5.41, 5.74) is 2.97. The number of nitrogens with zero attached hydrogens (tertiary/aromatic N) is 2. The number of hydrogen-bond donors (Lipinski definition) is 3. The average molecular weight is 533 g/mol. The largest absolute Gasteiger partial charge is 0.661 e. The number of hydrogen-bond acceptors (Lipinski definition) is 5. The average Bonchev–Trinajstić information content (AvgIpc) is 2.71. The molecule has 0 bridgehead atoms. The SMILES string of the molecule is CC.C[N-]C/C(C(=O)NOCCCOC(C)(C)O)=C(\[N-]CF)Nc1ccc(C)cc1F.[Y]. The van der Waals surface area contributed by atoms with Crippen LogP contribution in [0.25, 0.3) is 10.6 Å². The first-order valence-electron chi connectivity index (χ1n) is 10.0. The molecule has 0 fully saturated rings. The third kappa shape index (κ3) is 14.1. The fourth-order valence-corrected chi connectivity index (χ4v) is 2.16. The summed E-state index contributed by atoms with van der Waals surface area (Å²) in [6, 6.07) is 4.44. The van der Waals surface area contributed by atoms with Gasteiger partial charge < -0.3 is 25.8 Å². The molecular formula is C21H34F2N4O4Y-2. The predicted molar refractivity (Wildman–Crippen MR) is 118 cm³/mol. The first-order chi connectivity index (χ1) is 14.7. The standard InChI is InChI=1S/C19H29F2N4O4.C2H6.Y/c1-13-6-7-16(15(21)10-13)24-17(23-12-20)14(11-22-4)18(26)25-29-9-5-8-28-19(2,3)27;1-2;/h6-7,10,27H,5,8-9,11-12H2,1-4H3,(H3,23,24,25,26);1-2H3;/q-1;;/p-1. The van der Waals surface area contributed by atoms with Crippen LogP contribution in [0.1, 0.15) is 39.7 Å². The van der Waals surface area contributed by atoms with Crippen molar-refractivity contribution >= 4 is 11.6 Å². The monoisotopic (exact) mass is 533 g/mol. The molecule has 0 saturated carbocycles. The molecule has 1 rings (SSSR count). The van der Waals surface area contributed by atoms with E-state index < -0.39 is 24.3 Å². The molecule has 0 aliphatic carbocycles. The summed E-state index contributed by atoms with van der Waals surface area (Å²) in [5, 5.41) is 19.6. The van der Waals surface area contributed by atoms with E-state index in [2.05, 4.69) is 21.4 Å². The van der Waals surface area contributed by atoms with E-state index in [9.17, 15) is 18.7 Å². The number of carbonyl (C=O) groups is 1. The Balaban J connectivity index is 0. The van der Waals surface area contributed by atoms with Crippen LogP contribution in [-0.2, 0) is 47.1 Å². The van der Waals surface area contributed by atoms with Gasteiger partial charge in [0.2, 0.25) is 0 Å². The summed E-state index contributed by atoms with van der Waals surface area (Å²) in [7, 11) is 1.47. The Hall–Kier alpha value is -1.17. The summed E-state index contributed by atoms with van der Waals surface area (Å²) in [5.74, 6) is -2.65. The number of likely N-dealkylation sites (N-methyl/N-ethyl adjacent to an activating group) is 1. The molecule has 32 heavy (non-hydrogen) atoms. The third-order valence-electron chi connectivity index (χ3n) is 3.48. The second kappa shape index (κ2) is 18.3. The van der Waals surface area contributed by atoms with E-state index in [0.29, 0.717) is 12.0 Å². The topological polar surface area (TPSA) is 108 Å². The van der Waals surface area contributed by atoms with Crippen LogP contribution in [0.15, 0.2) is 29.6 Å². The molecule has 181 valence electrons. The van der Waals surface area contributed by atoms with E-state index in [-0.39, 0.29) is 69.5 Å². The van der Waals surface area contributed by atoms with Crippen molar-refractivity contribution in [2.24, 2.45) is 0 Å². The van der Waals surface area contributed by atoms with Gasteiger partial charge in [0.05, 0.1) is 20.0 Å². The van der Waals surface area contributed by atoms with Gasteiger partial charge in [-0.1, -0.05) is 31.8 Å². The van der Waals surface area contributed by atoms with Crippen LogP contribution in [-0.4, -0.2) is 50.4 Å². The molecule has 1 aromatic carbocycles. The summed E-state index contributed by atoms with van der Waals surface area (Å²) < 4.78 is 32.1. The minimum atomic E-state index is -1.25. The van der Waals surface area contributed by atoms with Crippen molar-refractivity contribution < 1.29 is 61.0 Å². The zero-order valence-electron chi connectivity index (χ0n) is 19.7. The van der Waals surface area contributed by atoms with Gasteiger partial charge in [0.1, 0.15) is 5.82 Å². The Labute approximate surface area is 214 Å². The minimum absolute atomic E-state index is 0. The molecule has 0 aliphatic rings. The quantitative estimate of drug-likeness (QED) is 0.115. The van der Waals surface area contributed by atoms with Crippen LogP contribution in [0.3, 0.4) is 0 Å². The molecule has 1 amide bonds. The molecule has 0 heterocycles. The van der Waals surface area contributed by atoms with Crippen LogP contribution in [0, 0.1) is 12.7 Å². The summed E-state index contributed by atoms with van der Waals surface area (Å²) in [6.07, 6.45) is 0.413. The van der Waals surface area contributed by atoms with Crippen molar-refractivity contribution in [3.63, 3.8) is 0 Å². The van der Waals surface area contributed by atoms with Gasteiger partial charge in [-0.15, -0.1) is 6.54 Å². The Bertz CT molecular complexity index is 701. The number of carbonyl (C=O) groups excluding carboxylic acids is 1. The molecule has 0 atom stereocenters. The maximum Gasteiger partial charge on any atom is 0.268 e. The van der Waals surface area contributed by atoms with Gasteiger partial charge in [-0.3, -0.25) is 14.0 Å². The second-order valence-corrected chi connectivity index (χ2v) is 6.62. The van der Waals surface area contributed by atoms with Gasteiger partial charge in [-0.25, -0.2) is 9.87 Å². The number of nitrogens with one attached hydrogen (secondary N) is 2. The van der Waals surface area contributed by atoms with Crippen molar-refractivity contribution in [2.45, 2.75) is 46.8 Å². The number of benzene rings is 1. The first-order valence-corrected chi connectivity index (χ1v) is 10.0. The van der Waals surface area contributed by atoms with Crippen molar-refractivity contribution in [1.82, 2.24) is 5.48 Å². The number of rotatable bonds is 13. The number of anilines is 1. The van der Waals surface area contributed by atoms with E-state index >= 15 is 0 Å². The normalized spacial score (nSPS) is 11.4. The van der Waals surface area contributed by atoms with E-state index in [1.54, 1.807) is 13.0 Å². The number of aliphatic hydroxyl groups is 1. The zero-order valence-corrected chi connectivity index (χ0v) is 22.5. The second-order valence-electron chi connectivity index (χ2n) is 6.62. The molecule has 0 aromatic heterocycles. The van der Waals surface area contributed by atoms with Crippen LogP contribution in [0.2, 0.25) is 0 Å². The first kappa shape index (κ1) is 33.0. The summed E-state index contributed by atoms with van der Waals surface area (Å²) in [6.45, 7) is 7.88.